The Morgan fingerprint density at radius 3 is 2.67 bits per heavy atom. The molecule has 0 N–H and O–H groups in total. The number of nitrogens with zero attached hydrogens (tertiary/aromatic N) is 2. The molecule has 0 atom stereocenters. The molecule has 21 heavy (non-hydrogen) atoms. The van der Waals surface area contributed by atoms with Gasteiger partial charge in [0.1, 0.15) is 18.2 Å². The van der Waals surface area contributed by atoms with Gasteiger partial charge in [-0.1, -0.05) is 30.3 Å². The molecular formula is C15H16N2O3S. The van der Waals surface area contributed by atoms with Gasteiger partial charge in [0.05, 0.1) is 4.88 Å². The van der Waals surface area contributed by atoms with Crippen molar-refractivity contribution in [2.75, 3.05) is 13.6 Å². The first-order valence-electron chi connectivity index (χ1n) is 6.43. The summed E-state index contributed by atoms with van der Waals surface area (Å²) in [6.07, 6.45) is 1.70. The van der Waals surface area contributed by atoms with Crippen molar-refractivity contribution >= 4 is 23.2 Å². The second-order valence-corrected chi connectivity index (χ2v) is 5.65. The van der Waals surface area contributed by atoms with E-state index in [9.17, 15) is 9.59 Å². The number of aromatic nitrogens is 1. The second-order valence-electron chi connectivity index (χ2n) is 4.53. The number of esters is 1. The van der Waals surface area contributed by atoms with Crippen molar-refractivity contribution < 1.29 is 14.3 Å². The highest BCUT2D eigenvalue weighted by Crippen LogP contribution is 2.25. The van der Waals surface area contributed by atoms with Crippen LogP contribution in [-0.4, -0.2) is 35.4 Å². The Kier molecular flexibility index (Phi) is 5.05. The van der Waals surface area contributed by atoms with Crippen LogP contribution in [0, 0.1) is 0 Å². The monoisotopic (exact) mass is 304 g/mol. The normalized spacial score (nSPS) is 10.2. The highest BCUT2D eigenvalue weighted by atomic mass is 32.1. The number of carbonyl (C=O) groups excluding carboxylic acids is 2. The Hall–Kier alpha value is -2.21. The van der Waals surface area contributed by atoms with E-state index in [-0.39, 0.29) is 19.1 Å². The smallest absolute Gasteiger partial charge is 0.325 e. The third kappa shape index (κ3) is 4.39. The molecule has 0 aliphatic rings. The van der Waals surface area contributed by atoms with Gasteiger partial charge in [-0.25, -0.2) is 4.98 Å². The SMILES string of the molecule is CC(=O)N(C)CC(=O)OCc1cnc(-c2ccccc2)s1. The summed E-state index contributed by atoms with van der Waals surface area (Å²) >= 11 is 1.48. The van der Waals surface area contributed by atoms with E-state index >= 15 is 0 Å². The molecule has 0 aliphatic carbocycles. The Morgan fingerprint density at radius 2 is 2.00 bits per heavy atom. The van der Waals surface area contributed by atoms with Crippen molar-refractivity contribution in [1.82, 2.24) is 9.88 Å². The lowest BCUT2D eigenvalue weighted by Crippen LogP contribution is -2.30. The molecule has 6 heteroatoms. The third-order valence-corrected chi connectivity index (χ3v) is 3.87. The molecule has 0 fully saturated rings. The van der Waals surface area contributed by atoms with Gasteiger partial charge in [0.15, 0.2) is 0 Å². The molecule has 110 valence electrons. The zero-order valence-corrected chi connectivity index (χ0v) is 12.7. The maximum Gasteiger partial charge on any atom is 0.325 e. The number of likely N-dealkylation sites (N-methyl/N-ethyl adjacent to an activating group) is 1. The Labute approximate surface area is 127 Å². The number of ether oxygens (including phenoxy) is 1. The van der Waals surface area contributed by atoms with Crippen LogP contribution in [0.5, 0.6) is 0 Å². The van der Waals surface area contributed by atoms with Crippen molar-refractivity contribution in [3.63, 3.8) is 0 Å². The summed E-state index contributed by atoms with van der Waals surface area (Å²) in [5.74, 6) is -0.599. The molecule has 0 bridgehead atoms. The molecule has 1 aromatic heterocycles. The van der Waals surface area contributed by atoms with Gasteiger partial charge in [-0.2, -0.15) is 0 Å². The lowest BCUT2D eigenvalue weighted by Gasteiger charge is -2.13. The minimum absolute atomic E-state index is 0.0420. The summed E-state index contributed by atoms with van der Waals surface area (Å²) in [5, 5.41) is 0.891. The fourth-order valence-corrected chi connectivity index (χ4v) is 2.42. The van der Waals surface area contributed by atoms with Gasteiger partial charge in [-0.3, -0.25) is 9.59 Å². The number of amides is 1. The summed E-state index contributed by atoms with van der Waals surface area (Å²) in [5.41, 5.74) is 1.04. The maximum atomic E-state index is 11.6. The largest absolute Gasteiger partial charge is 0.459 e. The third-order valence-electron chi connectivity index (χ3n) is 2.85. The van der Waals surface area contributed by atoms with E-state index in [0.717, 1.165) is 15.4 Å². The maximum absolute atomic E-state index is 11.6. The molecular weight excluding hydrogens is 288 g/mol. The molecule has 2 aromatic rings. The molecule has 0 spiro atoms. The number of benzene rings is 1. The van der Waals surface area contributed by atoms with Crippen molar-refractivity contribution in [1.29, 1.82) is 0 Å². The Balaban J connectivity index is 1.89. The summed E-state index contributed by atoms with van der Waals surface area (Å²) in [6, 6.07) is 9.82. The van der Waals surface area contributed by atoms with Crippen molar-refractivity contribution in [3.8, 4) is 10.6 Å². The standard InChI is InChI=1S/C15H16N2O3S/c1-11(18)17(2)9-14(19)20-10-13-8-16-15(21-13)12-6-4-3-5-7-12/h3-8H,9-10H2,1-2H3. The van der Waals surface area contributed by atoms with E-state index in [1.807, 2.05) is 30.3 Å². The second kappa shape index (κ2) is 6.99. The summed E-state index contributed by atoms with van der Waals surface area (Å²) in [7, 11) is 1.56. The molecule has 1 aromatic carbocycles. The van der Waals surface area contributed by atoms with Crippen molar-refractivity contribution in [2.45, 2.75) is 13.5 Å². The number of hydrogen-bond donors (Lipinski definition) is 0. The van der Waals surface area contributed by atoms with E-state index in [0.29, 0.717) is 0 Å². The molecule has 0 aliphatic heterocycles. The predicted molar refractivity (Wildman–Crippen MR) is 80.7 cm³/mol. The number of hydrogen-bond acceptors (Lipinski definition) is 5. The van der Waals surface area contributed by atoms with Crippen LogP contribution >= 0.6 is 11.3 Å². The quantitative estimate of drug-likeness (QED) is 0.796. The van der Waals surface area contributed by atoms with Crippen molar-refractivity contribution in [3.05, 3.63) is 41.4 Å². The minimum Gasteiger partial charge on any atom is -0.459 e. The average molecular weight is 304 g/mol. The topological polar surface area (TPSA) is 59.5 Å². The molecule has 5 nitrogen and oxygen atoms in total. The molecule has 1 amide bonds. The van der Waals surface area contributed by atoms with E-state index in [1.54, 1.807) is 13.2 Å². The first-order valence-corrected chi connectivity index (χ1v) is 7.25. The summed E-state index contributed by atoms with van der Waals surface area (Å²) in [6.45, 7) is 1.54. The lowest BCUT2D eigenvalue weighted by atomic mass is 10.2. The van der Waals surface area contributed by atoms with Crippen LogP contribution in [0.4, 0.5) is 0 Å². The van der Waals surface area contributed by atoms with Gasteiger partial charge in [0, 0.05) is 25.7 Å². The van der Waals surface area contributed by atoms with E-state index in [2.05, 4.69) is 4.98 Å². The first kappa shape index (κ1) is 15.2. The van der Waals surface area contributed by atoms with E-state index in [1.165, 1.54) is 23.2 Å². The van der Waals surface area contributed by atoms with Gasteiger partial charge in [0.2, 0.25) is 5.91 Å². The highest BCUT2D eigenvalue weighted by Gasteiger charge is 2.11. The zero-order valence-electron chi connectivity index (χ0n) is 11.9. The Bertz CT molecular complexity index is 625. The van der Waals surface area contributed by atoms with Crippen LogP contribution in [0.15, 0.2) is 36.5 Å². The van der Waals surface area contributed by atoms with Crippen LogP contribution in [-0.2, 0) is 20.9 Å². The number of thiazole rings is 1. The number of carbonyl (C=O) groups is 2. The predicted octanol–water partition coefficient (Wildman–Crippen LogP) is 2.33. The van der Waals surface area contributed by atoms with Crippen LogP contribution in [0.1, 0.15) is 11.8 Å². The van der Waals surface area contributed by atoms with Gasteiger partial charge in [0.25, 0.3) is 0 Å². The van der Waals surface area contributed by atoms with Crippen LogP contribution in [0.3, 0.4) is 0 Å². The molecule has 0 saturated heterocycles. The molecule has 0 unspecified atom stereocenters. The van der Waals surface area contributed by atoms with Gasteiger partial charge < -0.3 is 9.64 Å². The van der Waals surface area contributed by atoms with Crippen LogP contribution < -0.4 is 0 Å². The van der Waals surface area contributed by atoms with Gasteiger partial charge in [-0.05, 0) is 0 Å². The van der Waals surface area contributed by atoms with Crippen molar-refractivity contribution in [2.24, 2.45) is 0 Å². The number of rotatable bonds is 5. The molecule has 0 radical (unpaired) electrons. The fraction of sp³-hybridized carbons (Fsp3) is 0.267. The Morgan fingerprint density at radius 1 is 1.29 bits per heavy atom. The minimum atomic E-state index is -0.428. The average Bonchev–Trinajstić information content (AvgIpc) is 2.95. The van der Waals surface area contributed by atoms with Gasteiger partial charge >= 0.3 is 5.97 Å². The molecule has 2 rings (SSSR count). The molecule has 1 heterocycles. The van der Waals surface area contributed by atoms with Crippen LogP contribution in [0.25, 0.3) is 10.6 Å². The van der Waals surface area contributed by atoms with E-state index in [4.69, 9.17) is 4.74 Å². The fourth-order valence-electron chi connectivity index (χ4n) is 1.59. The summed E-state index contributed by atoms with van der Waals surface area (Å²) in [4.78, 5) is 29.1. The summed E-state index contributed by atoms with van der Waals surface area (Å²) < 4.78 is 5.14. The lowest BCUT2D eigenvalue weighted by molar-refractivity contribution is -0.149. The van der Waals surface area contributed by atoms with E-state index < -0.39 is 5.97 Å². The zero-order chi connectivity index (χ0) is 15.2. The highest BCUT2D eigenvalue weighted by molar-refractivity contribution is 7.15. The first-order chi connectivity index (χ1) is 10.1. The molecule has 0 saturated carbocycles. The van der Waals surface area contributed by atoms with Crippen LogP contribution in [0.2, 0.25) is 0 Å². The van der Waals surface area contributed by atoms with Gasteiger partial charge in [-0.15, -0.1) is 11.3 Å².